The number of carbonyl (C=O) groups excluding carboxylic acids is 1. The summed E-state index contributed by atoms with van der Waals surface area (Å²) in [4.78, 5) is 20.9. The van der Waals surface area contributed by atoms with Gasteiger partial charge in [-0.3, -0.25) is 14.5 Å². The highest BCUT2D eigenvalue weighted by Gasteiger charge is 2.34. The average molecular weight is 508 g/mol. The maximum atomic E-state index is 13.1. The lowest BCUT2D eigenvalue weighted by Crippen LogP contribution is -2.16. The Bertz CT molecular complexity index is 1390. The van der Waals surface area contributed by atoms with Crippen molar-refractivity contribution in [3.8, 4) is 5.75 Å². The standard InChI is InChI=1S/C23H17F5N4O2S/c1-2-14-13(6-5-7-16(14)34-21(24)25)9-10-15-19(32-11-4-3-8-18(32)29-15)20(33)31-22-30-17(12-35-22)23(26,27)28/h3-12,21H,2H2,1H3,(H,30,31,33). The number of amides is 1. The van der Waals surface area contributed by atoms with E-state index in [9.17, 15) is 26.7 Å². The number of thiazole rings is 1. The highest BCUT2D eigenvalue weighted by atomic mass is 32.1. The van der Waals surface area contributed by atoms with Gasteiger partial charge in [-0.15, -0.1) is 11.3 Å². The molecule has 1 aromatic carbocycles. The van der Waals surface area contributed by atoms with E-state index >= 15 is 0 Å². The molecule has 3 aromatic heterocycles. The molecular formula is C23H17F5N4O2S. The van der Waals surface area contributed by atoms with Crippen LogP contribution < -0.4 is 10.1 Å². The zero-order valence-electron chi connectivity index (χ0n) is 18.0. The number of imidazole rings is 1. The van der Waals surface area contributed by atoms with Crippen LogP contribution in [0.25, 0.3) is 17.8 Å². The van der Waals surface area contributed by atoms with Crippen molar-refractivity contribution < 1.29 is 31.5 Å². The van der Waals surface area contributed by atoms with Crippen LogP contribution in [-0.2, 0) is 12.6 Å². The third kappa shape index (κ3) is 5.32. The van der Waals surface area contributed by atoms with E-state index in [1.165, 1.54) is 16.5 Å². The third-order valence-electron chi connectivity index (χ3n) is 4.95. The molecule has 4 rings (SSSR count). The predicted octanol–water partition coefficient (Wildman–Crippen LogP) is 6.40. The monoisotopic (exact) mass is 508 g/mol. The van der Waals surface area contributed by atoms with Gasteiger partial charge in [0, 0.05) is 17.1 Å². The fourth-order valence-corrected chi connectivity index (χ4v) is 4.18. The number of aromatic nitrogens is 3. The van der Waals surface area contributed by atoms with Gasteiger partial charge in [0.15, 0.2) is 10.8 Å². The minimum atomic E-state index is -4.63. The molecule has 12 heteroatoms. The van der Waals surface area contributed by atoms with Crippen LogP contribution in [0.5, 0.6) is 5.75 Å². The number of nitrogens with one attached hydrogen (secondary N) is 1. The van der Waals surface area contributed by atoms with Gasteiger partial charge in [0.05, 0.1) is 5.69 Å². The van der Waals surface area contributed by atoms with Crippen LogP contribution >= 0.6 is 11.3 Å². The molecule has 0 fully saturated rings. The maximum absolute atomic E-state index is 13.1. The number of pyridine rings is 1. The Morgan fingerprint density at radius 2 is 1.97 bits per heavy atom. The first-order chi connectivity index (χ1) is 16.7. The van der Waals surface area contributed by atoms with Crippen molar-refractivity contribution in [1.29, 1.82) is 0 Å². The third-order valence-corrected chi connectivity index (χ3v) is 5.70. The van der Waals surface area contributed by atoms with E-state index in [4.69, 9.17) is 0 Å². The van der Waals surface area contributed by atoms with Gasteiger partial charge >= 0.3 is 12.8 Å². The number of fused-ring (bicyclic) bond motifs is 1. The van der Waals surface area contributed by atoms with Crippen molar-refractivity contribution >= 4 is 40.2 Å². The molecule has 0 spiro atoms. The van der Waals surface area contributed by atoms with Crippen molar-refractivity contribution in [1.82, 2.24) is 14.4 Å². The zero-order valence-corrected chi connectivity index (χ0v) is 18.8. The van der Waals surface area contributed by atoms with Gasteiger partial charge in [0.2, 0.25) is 0 Å². The molecule has 6 nitrogen and oxygen atoms in total. The minimum absolute atomic E-state index is 0.0434. The summed E-state index contributed by atoms with van der Waals surface area (Å²) in [6, 6.07) is 9.76. The molecule has 0 aliphatic heterocycles. The molecule has 0 saturated carbocycles. The van der Waals surface area contributed by atoms with E-state index in [2.05, 4.69) is 20.0 Å². The molecular weight excluding hydrogens is 491 g/mol. The number of ether oxygens (including phenoxy) is 1. The Labute approximate surface area is 199 Å². The quantitative estimate of drug-likeness (QED) is 0.294. The number of rotatable bonds is 7. The SMILES string of the molecule is CCc1c(C=Cc2nc3ccccn3c2C(=O)Nc2nc(C(F)(F)F)cs2)cccc1OC(F)F. The van der Waals surface area contributed by atoms with E-state index in [0.29, 0.717) is 34.5 Å². The van der Waals surface area contributed by atoms with Crippen LogP contribution in [0.2, 0.25) is 0 Å². The summed E-state index contributed by atoms with van der Waals surface area (Å²) in [5, 5.41) is 2.99. The summed E-state index contributed by atoms with van der Waals surface area (Å²) in [5.74, 6) is -0.668. The van der Waals surface area contributed by atoms with Crippen LogP contribution in [0, 0.1) is 0 Å². The average Bonchev–Trinajstić information content (AvgIpc) is 3.41. The van der Waals surface area contributed by atoms with Gasteiger partial charge in [-0.25, -0.2) is 9.97 Å². The fourth-order valence-electron chi connectivity index (χ4n) is 3.47. The molecule has 0 bridgehead atoms. The van der Waals surface area contributed by atoms with Gasteiger partial charge in [0.25, 0.3) is 5.91 Å². The highest BCUT2D eigenvalue weighted by molar-refractivity contribution is 7.14. The maximum Gasteiger partial charge on any atom is 0.434 e. The van der Waals surface area contributed by atoms with Crippen LogP contribution in [-0.4, -0.2) is 26.9 Å². The Morgan fingerprint density at radius 3 is 2.66 bits per heavy atom. The van der Waals surface area contributed by atoms with E-state index in [-0.39, 0.29) is 22.3 Å². The molecule has 0 saturated heterocycles. The Balaban J connectivity index is 1.70. The number of carbonyl (C=O) groups is 1. The summed E-state index contributed by atoms with van der Waals surface area (Å²) in [7, 11) is 0. The summed E-state index contributed by atoms with van der Waals surface area (Å²) in [6.07, 6.45) is 0.515. The molecule has 0 radical (unpaired) electrons. The van der Waals surface area contributed by atoms with E-state index < -0.39 is 24.4 Å². The second-order valence-electron chi connectivity index (χ2n) is 7.15. The second-order valence-corrected chi connectivity index (χ2v) is 8.01. The number of nitrogens with zero attached hydrogens (tertiary/aromatic N) is 3. The van der Waals surface area contributed by atoms with E-state index in [0.717, 1.165) is 5.38 Å². The first kappa shape index (κ1) is 24.3. The van der Waals surface area contributed by atoms with Crippen LogP contribution in [0.4, 0.5) is 27.1 Å². The van der Waals surface area contributed by atoms with E-state index in [1.807, 2.05) is 0 Å². The first-order valence-electron chi connectivity index (χ1n) is 10.2. The van der Waals surface area contributed by atoms with Gasteiger partial charge in [-0.1, -0.05) is 31.2 Å². The minimum Gasteiger partial charge on any atom is -0.435 e. The van der Waals surface area contributed by atoms with Gasteiger partial charge < -0.3 is 4.74 Å². The van der Waals surface area contributed by atoms with Crippen molar-refractivity contribution in [2.45, 2.75) is 26.1 Å². The van der Waals surface area contributed by atoms with Crippen LogP contribution in [0.1, 0.15) is 39.9 Å². The van der Waals surface area contributed by atoms with Crippen LogP contribution in [0.15, 0.2) is 48.0 Å². The van der Waals surface area contributed by atoms with Crippen molar-refractivity contribution in [3.63, 3.8) is 0 Å². The number of hydrogen-bond donors (Lipinski definition) is 1. The molecule has 182 valence electrons. The lowest BCUT2D eigenvalue weighted by Gasteiger charge is -2.11. The molecule has 0 aliphatic rings. The number of anilines is 1. The number of halogens is 5. The molecule has 3 heterocycles. The number of alkyl halides is 5. The van der Waals surface area contributed by atoms with Gasteiger partial charge in [0.1, 0.15) is 17.1 Å². The summed E-state index contributed by atoms with van der Waals surface area (Å²) in [6.45, 7) is -1.19. The number of benzene rings is 1. The Kier molecular flexibility index (Phi) is 6.83. The number of hydrogen-bond acceptors (Lipinski definition) is 5. The lowest BCUT2D eigenvalue weighted by molar-refractivity contribution is -0.140. The molecule has 1 amide bonds. The second kappa shape index (κ2) is 9.82. The van der Waals surface area contributed by atoms with Crippen molar-refractivity contribution in [2.75, 3.05) is 5.32 Å². The summed E-state index contributed by atoms with van der Waals surface area (Å²) >= 11 is 0.649. The highest BCUT2D eigenvalue weighted by Crippen LogP contribution is 2.32. The fraction of sp³-hybridized carbons (Fsp3) is 0.174. The molecule has 0 atom stereocenters. The zero-order chi connectivity index (χ0) is 25.2. The largest absolute Gasteiger partial charge is 0.435 e. The van der Waals surface area contributed by atoms with Gasteiger partial charge in [-0.05, 0) is 36.3 Å². The van der Waals surface area contributed by atoms with Crippen molar-refractivity contribution in [3.05, 3.63) is 76.2 Å². The predicted molar refractivity (Wildman–Crippen MR) is 122 cm³/mol. The first-order valence-corrected chi connectivity index (χ1v) is 11.1. The summed E-state index contributed by atoms with van der Waals surface area (Å²) in [5.41, 5.74) is 0.749. The lowest BCUT2D eigenvalue weighted by atomic mass is 10.0. The Hall–Kier alpha value is -3.80. The van der Waals surface area contributed by atoms with Crippen molar-refractivity contribution in [2.24, 2.45) is 0 Å². The molecule has 0 unspecified atom stereocenters. The van der Waals surface area contributed by atoms with E-state index in [1.54, 1.807) is 49.5 Å². The normalized spacial score (nSPS) is 12.1. The van der Waals surface area contributed by atoms with Crippen LogP contribution in [0.3, 0.4) is 0 Å². The smallest absolute Gasteiger partial charge is 0.434 e. The Morgan fingerprint density at radius 1 is 1.17 bits per heavy atom. The molecule has 0 aliphatic carbocycles. The topological polar surface area (TPSA) is 68.5 Å². The summed E-state index contributed by atoms with van der Waals surface area (Å²) < 4.78 is 70.2. The molecule has 1 N–H and O–H groups in total. The molecule has 4 aromatic rings. The molecule has 35 heavy (non-hydrogen) atoms. The van der Waals surface area contributed by atoms with Gasteiger partial charge in [-0.2, -0.15) is 22.0 Å².